The minimum atomic E-state index is -3.84. The molecule has 4 N–H and O–H groups in total. The number of alkyl carbamates (subject to hydrolysis) is 1. The average molecular weight is 708 g/mol. The molecular formula is C31H46N7O8PS. The van der Waals surface area contributed by atoms with Gasteiger partial charge in [0.1, 0.15) is 6.23 Å². The Kier molecular flexibility index (Phi) is 13.2. The number of anilines is 1. The summed E-state index contributed by atoms with van der Waals surface area (Å²) in [6.45, 7) is 11.5. The third-order valence-corrected chi connectivity index (χ3v) is 10.1. The summed E-state index contributed by atoms with van der Waals surface area (Å²) < 4.78 is 44.5. The number of nitrogens with two attached hydrogens (primary N) is 1. The normalized spacial score (nSPS) is 19.4. The van der Waals surface area contributed by atoms with Gasteiger partial charge in [0.05, 0.1) is 43.8 Å². The van der Waals surface area contributed by atoms with Crippen molar-refractivity contribution in [2.24, 2.45) is 11.3 Å². The van der Waals surface area contributed by atoms with Crippen LogP contribution < -0.4 is 20.9 Å². The van der Waals surface area contributed by atoms with Gasteiger partial charge in [-0.15, -0.1) is 0 Å². The number of hydrogen-bond donors (Lipinski definition) is 3. The molecule has 4 atom stereocenters. The Labute approximate surface area is 285 Å². The standard InChI is InChI=1S/C31H46N7O8PS/c1-7-42-26-24-25(36-29(32)37-26)38(19-34-24)27-21(4)15-23(46-27)17-44-47(41,35-16-22-11-9-8-10-12-22)43-13-14-48-28(39)31(5,6)18-33-30(40)45-20(2)3/h8-12,19-21,23,27H,7,13-18H2,1-6H3,(H,33,40)(H,35,41)(H2,32,36,37)/t21-,23-,27+,47?/m0/s1. The Morgan fingerprint density at radius 1 is 1.21 bits per heavy atom. The van der Waals surface area contributed by atoms with Crippen molar-refractivity contribution in [2.75, 3.05) is 37.9 Å². The number of ether oxygens (including phenoxy) is 3. The highest BCUT2D eigenvalue weighted by atomic mass is 32.2. The smallest absolute Gasteiger partial charge is 0.407 e. The summed E-state index contributed by atoms with van der Waals surface area (Å²) in [5.74, 6) is 0.624. The molecule has 1 aromatic carbocycles. The number of carbonyl (C=O) groups is 2. The zero-order chi connectivity index (χ0) is 34.9. The molecule has 0 bridgehead atoms. The molecule has 264 valence electrons. The third kappa shape index (κ3) is 10.4. The van der Waals surface area contributed by atoms with Crippen molar-refractivity contribution in [2.45, 2.75) is 72.9 Å². The predicted molar refractivity (Wildman–Crippen MR) is 182 cm³/mol. The van der Waals surface area contributed by atoms with E-state index in [0.29, 0.717) is 30.1 Å². The van der Waals surface area contributed by atoms with E-state index in [2.05, 4.69) is 25.4 Å². The van der Waals surface area contributed by atoms with Crippen LogP contribution in [0.15, 0.2) is 36.7 Å². The summed E-state index contributed by atoms with van der Waals surface area (Å²) in [4.78, 5) is 37.7. The lowest BCUT2D eigenvalue weighted by Gasteiger charge is -2.24. The molecular weight excluding hydrogens is 661 g/mol. The second-order valence-electron chi connectivity index (χ2n) is 12.3. The number of rotatable bonds is 17. The minimum absolute atomic E-state index is 0.00882. The van der Waals surface area contributed by atoms with Gasteiger partial charge in [-0.2, -0.15) is 9.97 Å². The number of nitrogen functional groups attached to an aromatic ring is 1. The molecule has 2 aromatic heterocycles. The van der Waals surface area contributed by atoms with Gasteiger partial charge in [-0.1, -0.05) is 62.9 Å². The van der Waals surface area contributed by atoms with E-state index in [4.69, 9.17) is 29.0 Å². The van der Waals surface area contributed by atoms with Gasteiger partial charge < -0.3 is 25.3 Å². The van der Waals surface area contributed by atoms with E-state index in [1.54, 1.807) is 38.6 Å². The van der Waals surface area contributed by atoms with Gasteiger partial charge in [0, 0.05) is 24.8 Å². The van der Waals surface area contributed by atoms with Crippen LogP contribution in [0.4, 0.5) is 10.7 Å². The van der Waals surface area contributed by atoms with Crippen molar-refractivity contribution in [3.8, 4) is 5.88 Å². The van der Waals surface area contributed by atoms with Crippen molar-refractivity contribution < 1.29 is 37.4 Å². The van der Waals surface area contributed by atoms with Crippen molar-refractivity contribution in [3.63, 3.8) is 0 Å². The first-order chi connectivity index (χ1) is 22.8. The first kappa shape index (κ1) is 37.5. The lowest BCUT2D eigenvalue weighted by Crippen LogP contribution is -2.39. The highest BCUT2D eigenvalue weighted by Gasteiger charge is 2.37. The van der Waals surface area contributed by atoms with Gasteiger partial charge in [0.15, 0.2) is 16.3 Å². The van der Waals surface area contributed by atoms with E-state index in [0.717, 1.165) is 17.3 Å². The van der Waals surface area contributed by atoms with Crippen LogP contribution >= 0.6 is 19.5 Å². The van der Waals surface area contributed by atoms with Crippen molar-refractivity contribution in [3.05, 3.63) is 42.2 Å². The number of thioether (sulfide) groups is 1. The fourth-order valence-corrected chi connectivity index (χ4v) is 7.16. The van der Waals surface area contributed by atoms with Crippen molar-refractivity contribution in [1.82, 2.24) is 29.9 Å². The summed E-state index contributed by atoms with van der Waals surface area (Å²) in [6.07, 6.45) is 0.540. The highest BCUT2D eigenvalue weighted by molar-refractivity contribution is 8.13. The molecule has 1 saturated heterocycles. The van der Waals surface area contributed by atoms with Crippen LogP contribution in [0.1, 0.15) is 59.8 Å². The van der Waals surface area contributed by atoms with Gasteiger partial charge in [0.2, 0.25) is 11.8 Å². The monoisotopic (exact) mass is 707 g/mol. The highest BCUT2D eigenvalue weighted by Crippen LogP contribution is 2.46. The number of fused-ring (bicyclic) bond motifs is 1. The maximum atomic E-state index is 13.9. The number of benzene rings is 1. The molecule has 1 aliphatic heterocycles. The number of carbonyl (C=O) groups excluding carboxylic acids is 2. The first-order valence-electron chi connectivity index (χ1n) is 15.9. The first-order valence-corrected chi connectivity index (χ1v) is 18.4. The van der Waals surface area contributed by atoms with E-state index in [-0.39, 0.29) is 55.1 Å². The Morgan fingerprint density at radius 3 is 2.67 bits per heavy atom. The fourth-order valence-electron chi connectivity index (χ4n) is 4.90. The number of aromatic nitrogens is 4. The maximum absolute atomic E-state index is 13.9. The number of nitrogens with one attached hydrogen (secondary N) is 2. The van der Waals surface area contributed by atoms with Crippen molar-refractivity contribution >= 4 is 47.8 Å². The lowest BCUT2D eigenvalue weighted by molar-refractivity contribution is -0.117. The van der Waals surface area contributed by atoms with Crippen LogP contribution in [0.2, 0.25) is 0 Å². The average Bonchev–Trinajstić information content (AvgIpc) is 3.63. The summed E-state index contributed by atoms with van der Waals surface area (Å²) in [5, 5.41) is 5.41. The van der Waals surface area contributed by atoms with Gasteiger partial charge >= 0.3 is 13.8 Å². The van der Waals surface area contributed by atoms with E-state index in [1.807, 2.05) is 44.2 Å². The molecule has 48 heavy (non-hydrogen) atoms. The van der Waals surface area contributed by atoms with Gasteiger partial charge in [-0.05, 0) is 32.8 Å². The molecule has 0 radical (unpaired) electrons. The van der Waals surface area contributed by atoms with E-state index in [1.165, 1.54) is 0 Å². The summed E-state index contributed by atoms with van der Waals surface area (Å²) in [5.41, 5.74) is 6.95. The molecule has 0 aliphatic carbocycles. The number of nitrogens with zero attached hydrogens (tertiary/aromatic N) is 4. The molecule has 0 saturated carbocycles. The topological polar surface area (TPSA) is 191 Å². The minimum Gasteiger partial charge on any atom is -0.476 e. The second kappa shape index (κ2) is 16.9. The zero-order valence-electron chi connectivity index (χ0n) is 28.2. The maximum Gasteiger partial charge on any atom is 0.407 e. The molecule has 4 rings (SSSR count). The molecule has 3 heterocycles. The summed E-state index contributed by atoms with van der Waals surface area (Å²) >= 11 is 1.03. The lowest BCUT2D eigenvalue weighted by atomic mass is 9.96. The van der Waals surface area contributed by atoms with Crippen LogP contribution in [-0.4, -0.2) is 75.1 Å². The molecule has 1 unspecified atom stereocenters. The van der Waals surface area contributed by atoms with Crippen LogP contribution in [0, 0.1) is 11.3 Å². The Bertz CT molecular complexity index is 1570. The fraction of sp³-hybridized carbons (Fsp3) is 0.581. The predicted octanol–water partition coefficient (Wildman–Crippen LogP) is 5.08. The van der Waals surface area contributed by atoms with Gasteiger partial charge in [-0.25, -0.2) is 19.4 Å². The molecule has 15 nitrogen and oxygen atoms in total. The number of amides is 1. The largest absolute Gasteiger partial charge is 0.476 e. The van der Waals surface area contributed by atoms with Crippen LogP contribution in [0.3, 0.4) is 0 Å². The third-order valence-electron chi connectivity index (χ3n) is 7.31. The van der Waals surface area contributed by atoms with Crippen LogP contribution in [0.5, 0.6) is 5.88 Å². The van der Waals surface area contributed by atoms with Gasteiger partial charge in [0.25, 0.3) is 0 Å². The van der Waals surface area contributed by atoms with E-state index in [9.17, 15) is 14.2 Å². The number of hydrogen-bond acceptors (Lipinski definition) is 13. The summed E-state index contributed by atoms with van der Waals surface area (Å²) in [6, 6.07) is 9.45. The quantitative estimate of drug-likeness (QED) is 0.124. The Balaban J connectivity index is 1.35. The van der Waals surface area contributed by atoms with Crippen LogP contribution in [0.25, 0.3) is 11.2 Å². The Hall–Kier alpha value is -3.27. The molecule has 1 aliphatic rings. The molecule has 1 amide bonds. The van der Waals surface area contributed by atoms with Gasteiger partial charge in [-0.3, -0.25) is 18.4 Å². The molecule has 1 fully saturated rings. The molecule has 3 aromatic rings. The Morgan fingerprint density at radius 2 is 1.96 bits per heavy atom. The second-order valence-corrected chi connectivity index (χ2v) is 15.2. The SMILES string of the molecule is CCOc1nc(N)nc2c1ncn2[C@@H]1O[C@H](COP(=O)(NCc2ccccc2)OCCSC(=O)C(C)(C)CNC(=O)OC(C)C)C[C@@H]1C. The van der Waals surface area contributed by atoms with Crippen molar-refractivity contribution in [1.29, 1.82) is 0 Å². The van der Waals surface area contributed by atoms with Crippen LogP contribution in [-0.2, 0) is 34.4 Å². The van der Waals surface area contributed by atoms with E-state index < -0.39 is 31.6 Å². The molecule has 17 heteroatoms. The number of imidazole rings is 1. The zero-order valence-corrected chi connectivity index (χ0v) is 29.9. The van der Waals surface area contributed by atoms with E-state index >= 15 is 0 Å². The summed E-state index contributed by atoms with van der Waals surface area (Å²) in [7, 11) is -3.84. The molecule has 0 spiro atoms.